The van der Waals surface area contributed by atoms with E-state index in [2.05, 4.69) is 5.32 Å². The third kappa shape index (κ3) is 11.0. The number of phenols is 1. The fourth-order valence-corrected chi connectivity index (χ4v) is 3.41. The minimum Gasteiger partial charge on any atom is -0.504 e. The Bertz CT molecular complexity index is 1250. The lowest BCUT2D eigenvalue weighted by molar-refractivity contribution is -0.138. The number of aliphatic carboxylic acids is 1. The zero-order valence-electron chi connectivity index (χ0n) is 22.4. The Labute approximate surface area is 232 Å². The Kier molecular flexibility index (Phi) is 12.9. The molecule has 2 aromatic carbocycles. The van der Waals surface area contributed by atoms with Crippen molar-refractivity contribution in [2.45, 2.75) is 31.7 Å². The summed E-state index contributed by atoms with van der Waals surface area (Å²) < 4.78 is 15.9. The lowest BCUT2D eigenvalue weighted by atomic mass is 10.1. The molecule has 214 valence electrons. The molecule has 0 aliphatic carbocycles. The van der Waals surface area contributed by atoms with E-state index < -0.39 is 12.0 Å². The summed E-state index contributed by atoms with van der Waals surface area (Å²) in [7, 11) is 2.86. The summed E-state index contributed by atoms with van der Waals surface area (Å²) in [6.45, 7) is 0.124. The highest BCUT2D eigenvalue weighted by Gasteiger charge is 2.11. The SMILES string of the molecule is COc1cc(/C=C/C(=O)CC(=O)/C=C/c2ccc(OCC(=O)NCCCC[C@H](N)C(=O)O)c(OC)c2)ccc1O. The quantitative estimate of drug-likeness (QED) is 0.129. The first-order valence-corrected chi connectivity index (χ1v) is 12.5. The maximum Gasteiger partial charge on any atom is 0.320 e. The Balaban J connectivity index is 1.82. The summed E-state index contributed by atoms with van der Waals surface area (Å²) in [6.07, 6.45) is 6.82. The molecule has 40 heavy (non-hydrogen) atoms. The van der Waals surface area contributed by atoms with Gasteiger partial charge in [0.2, 0.25) is 0 Å². The van der Waals surface area contributed by atoms with Crippen LogP contribution in [-0.4, -0.2) is 67.1 Å². The number of aromatic hydroxyl groups is 1. The third-order valence-corrected chi connectivity index (χ3v) is 5.60. The summed E-state index contributed by atoms with van der Waals surface area (Å²) in [4.78, 5) is 47.1. The van der Waals surface area contributed by atoms with Crippen molar-refractivity contribution in [2.24, 2.45) is 5.73 Å². The first-order valence-electron chi connectivity index (χ1n) is 12.5. The fourth-order valence-electron chi connectivity index (χ4n) is 3.41. The Morgan fingerprint density at radius 2 is 1.50 bits per heavy atom. The number of ketones is 2. The van der Waals surface area contributed by atoms with Crippen LogP contribution in [0.2, 0.25) is 0 Å². The maximum absolute atomic E-state index is 12.2. The average molecular weight is 555 g/mol. The van der Waals surface area contributed by atoms with Crippen LogP contribution in [0.3, 0.4) is 0 Å². The molecular weight excluding hydrogens is 520 g/mol. The standard InChI is InChI=1S/C29H34N2O9/c1-38-26-15-19(8-12-24(26)34)6-10-21(32)17-22(33)11-7-20-9-13-25(27(16-20)39-2)40-18-28(35)31-14-4-3-5-23(30)29(36)37/h6-13,15-16,23,34H,3-5,14,17-18,30H2,1-2H3,(H,31,35)(H,36,37)/b10-6+,11-7+/t23-/m0/s1. The van der Waals surface area contributed by atoms with E-state index in [1.165, 1.54) is 38.5 Å². The van der Waals surface area contributed by atoms with Crippen molar-refractivity contribution in [3.8, 4) is 23.0 Å². The average Bonchev–Trinajstić information content (AvgIpc) is 2.94. The summed E-state index contributed by atoms with van der Waals surface area (Å²) in [6, 6.07) is 8.62. The molecule has 5 N–H and O–H groups in total. The van der Waals surface area contributed by atoms with Crippen LogP contribution in [0.15, 0.2) is 48.6 Å². The van der Waals surface area contributed by atoms with Crippen molar-refractivity contribution in [3.63, 3.8) is 0 Å². The van der Waals surface area contributed by atoms with E-state index in [0.717, 1.165) is 0 Å². The Hall–Kier alpha value is -4.64. The molecule has 0 fully saturated rings. The van der Waals surface area contributed by atoms with Gasteiger partial charge in [-0.3, -0.25) is 19.2 Å². The van der Waals surface area contributed by atoms with Crippen LogP contribution in [-0.2, 0) is 19.2 Å². The molecule has 0 aromatic heterocycles. The highest BCUT2D eigenvalue weighted by Crippen LogP contribution is 2.29. The van der Waals surface area contributed by atoms with E-state index in [0.29, 0.717) is 48.4 Å². The van der Waals surface area contributed by atoms with Crippen LogP contribution in [0.1, 0.15) is 36.8 Å². The monoisotopic (exact) mass is 554 g/mol. The van der Waals surface area contributed by atoms with Crippen molar-refractivity contribution in [3.05, 3.63) is 59.7 Å². The normalized spacial score (nSPS) is 11.8. The lowest BCUT2D eigenvalue weighted by Gasteiger charge is -2.12. The summed E-state index contributed by atoms with van der Waals surface area (Å²) in [5.74, 6) is -1.22. The van der Waals surface area contributed by atoms with E-state index in [1.54, 1.807) is 36.4 Å². The number of phenolic OH excluding ortho intramolecular Hbond substituents is 1. The van der Waals surface area contributed by atoms with Gasteiger partial charge in [0.25, 0.3) is 5.91 Å². The van der Waals surface area contributed by atoms with Gasteiger partial charge in [0.15, 0.2) is 41.2 Å². The number of amides is 1. The van der Waals surface area contributed by atoms with Gasteiger partial charge in [-0.05, 0) is 66.8 Å². The fraction of sp³-hybridized carbons (Fsp3) is 0.310. The predicted molar refractivity (Wildman–Crippen MR) is 148 cm³/mol. The van der Waals surface area contributed by atoms with Gasteiger partial charge in [-0.2, -0.15) is 0 Å². The van der Waals surface area contributed by atoms with E-state index >= 15 is 0 Å². The van der Waals surface area contributed by atoms with E-state index in [-0.39, 0.29) is 42.0 Å². The predicted octanol–water partition coefficient (Wildman–Crippen LogP) is 2.74. The molecule has 0 aliphatic rings. The third-order valence-electron chi connectivity index (χ3n) is 5.60. The van der Waals surface area contributed by atoms with Crippen LogP contribution in [0, 0.1) is 0 Å². The number of nitrogens with one attached hydrogen (secondary N) is 1. The molecule has 2 aromatic rings. The van der Waals surface area contributed by atoms with Crippen molar-refractivity contribution in [1.29, 1.82) is 0 Å². The minimum atomic E-state index is -1.05. The summed E-state index contributed by atoms with van der Waals surface area (Å²) in [5.41, 5.74) is 6.70. The molecule has 0 saturated heterocycles. The molecule has 1 amide bonds. The molecule has 11 nitrogen and oxygen atoms in total. The van der Waals surface area contributed by atoms with Gasteiger partial charge >= 0.3 is 5.97 Å². The molecule has 2 rings (SSSR count). The molecule has 0 heterocycles. The second-order valence-electron chi connectivity index (χ2n) is 8.70. The molecular formula is C29H34N2O9. The number of carboxylic acids is 1. The second-order valence-corrected chi connectivity index (χ2v) is 8.70. The Morgan fingerprint density at radius 3 is 2.10 bits per heavy atom. The molecule has 0 radical (unpaired) electrons. The van der Waals surface area contributed by atoms with Crippen LogP contribution in [0.5, 0.6) is 23.0 Å². The minimum absolute atomic E-state index is 0.0161. The number of carbonyl (C=O) groups is 4. The van der Waals surface area contributed by atoms with Gasteiger partial charge in [-0.15, -0.1) is 0 Å². The number of allylic oxidation sites excluding steroid dienone is 2. The molecule has 0 unspecified atom stereocenters. The molecule has 0 saturated carbocycles. The van der Waals surface area contributed by atoms with Crippen molar-refractivity contribution in [1.82, 2.24) is 5.32 Å². The molecule has 0 bridgehead atoms. The number of methoxy groups -OCH3 is 2. The molecule has 1 atom stereocenters. The van der Waals surface area contributed by atoms with Gasteiger partial charge in [0.1, 0.15) is 6.04 Å². The number of carbonyl (C=O) groups excluding carboxylic acids is 3. The highest BCUT2D eigenvalue weighted by atomic mass is 16.5. The van der Waals surface area contributed by atoms with Crippen LogP contribution < -0.4 is 25.3 Å². The number of nitrogens with two attached hydrogens (primary N) is 1. The first-order chi connectivity index (χ1) is 19.1. The van der Waals surface area contributed by atoms with Gasteiger partial charge in [0.05, 0.1) is 20.6 Å². The van der Waals surface area contributed by atoms with Crippen molar-refractivity contribution < 1.29 is 43.6 Å². The van der Waals surface area contributed by atoms with Gasteiger partial charge in [-0.25, -0.2) is 0 Å². The van der Waals surface area contributed by atoms with E-state index in [4.69, 9.17) is 25.1 Å². The summed E-state index contributed by atoms with van der Waals surface area (Å²) in [5, 5.41) is 21.1. The van der Waals surface area contributed by atoms with Crippen LogP contribution >= 0.6 is 0 Å². The van der Waals surface area contributed by atoms with Crippen LogP contribution in [0.4, 0.5) is 0 Å². The highest BCUT2D eigenvalue weighted by molar-refractivity contribution is 6.10. The van der Waals surface area contributed by atoms with Crippen molar-refractivity contribution in [2.75, 3.05) is 27.4 Å². The second kappa shape index (κ2) is 16.4. The number of hydrogen-bond donors (Lipinski definition) is 4. The lowest BCUT2D eigenvalue weighted by Crippen LogP contribution is -2.31. The number of ether oxygens (including phenoxy) is 3. The molecule has 11 heteroatoms. The van der Waals surface area contributed by atoms with Gasteiger partial charge < -0.3 is 35.5 Å². The van der Waals surface area contributed by atoms with E-state index in [1.807, 2.05) is 0 Å². The topological polar surface area (TPSA) is 174 Å². The zero-order chi connectivity index (χ0) is 29.5. The number of unbranched alkanes of at least 4 members (excludes halogenated alkanes) is 1. The zero-order valence-corrected chi connectivity index (χ0v) is 22.4. The van der Waals surface area contributed by atoms with Gasteiger partial charge in [0, 0.05) is 6.54 Å². The number of benzene rings is 2. The van der Waals surface area contributed by atoms with Crippen LogP contribution in [0.25, 0.3) is 12.2 Å². The largest absolute Gasteiger partial charge is 0.504 e. The molecule has 0 spiro atoms. The van der Waals surface area contributed by atoms with Gasteiger partial charge in [-0.1, -0.05) is 24.3 Å². The molecule has 0 aliphatic heterocycles. The van der Waals surface area contributed by atoms with Crippen molar-refractivity contribution >= 4 is 35.6 Å². The summed E-state index contributed by atoms with van der Waals surface area (Å²) >= 11 is 0. The van der Waals surface area contributed by atoms with E-state index in [9.17, 15) is 24.3 Å². The maximum atomic E-state index is 12.2. The smallest absolute Gasteiger partial charge is 0.320 e. The number of hydrogen-bond acceptors (Lipinski definition) is 9. The number of carboxylic acid groups (broad SMARTS) is 1. The Morgan fingerprint density at radius 1 is 0.900 bits per heavy atom. The number of rotatable bonds is 17. The first kappa shape index (κ1) is 31.6.